The third-order valence-electron chi connectivity index (χ3n) is 3.59. The molecule has 104 valence electrons. The van der Waals surface area contributed by atoms with Crippen LogP contribution in [0.4, 0.5) is 5.82 Å². The first-order chi connectivity index (χ1) is 9.06. The van der Waals surface area contributed by atoms with Gasteiger partial charge >= 0.3 is 0 Å². The van der Waals surface area contributed by atoms with Crippen molar-refractivity contribution in [1.82, 2.24) is 14.5 Å². The van der Waals surface area contributed by atoms with Crippen molar-refractivity contribution in [1.29, 1.82) is 0 Å². The van der Waals surface area contributed by atoms with Crippen molar-refractivity contribution in [2.45, 2.75) is 40.2 Å². The predicted octanol–water partition coefficient (Wildman–Crippen LogP) is 2.37. The first-order valence-electron chi connectivity index (χ1n) is 6.64. The highest BCUT2D eigenvalue weighted by Crippen LogP contribution is 2.27. The maximum atomic E-state index is 6.03. The number of hydrogen-bond donors (Lipinski definition) is 1. The SMILES string of the molecule is COCCCCn1c(C)c(C)c2c(N)nc(C)nc21. The van der Waals surface area contributed by atoms with E-state index in [0.29, 0.717) is 5.82 Å². The molecule has 5 heteroatoms. The van der Waals surface area contributed by atoms with Crippen LogP contribution in [0.2, 0.25) is 0 Å². The molecule has 0 fully saturated rings. The summed E-state index contributed by atoms with van der Waals surface area (Å²) in [5.41, 5.74) is 9.39. The maximum absolute atomic E-state index is 6.03. The van der Waals surface area contributed by atoms with Gasteiger partial charge in [-0.3, -0.25) is 0 Å². The molecule has 0 spiro atoms. The molecular formula is C14H22N4O. The first kappa shape index (κ1) is 13.8. The number of aromatic nitrogens is 3. The average Bonchev–Trinajstić information content (AvgIpc) is 2.59. The van der Waals surface area contributed by atoms with Crippen molar-refractivity contribution in [2.75, 3.05) is 19.5 Å². The molecule has 0 aromatic carbocycles. The van der Waals surface area contributed by atoms with E-state index in [0.717, 1.165) is 42.9 Å². The summed E-state index contributed by atoms with van der Waals surface area (Å²) in [6, 6.07) is 0. The van der Waals surface area contributed by atoms with Gasteiger partial charge in [-0.2, -0.15) is 0 Å². The lowest BCUT2D eigenvalue weighted by atomic mass is 10.2. The van der Waals surface area contributed by atoms with E-state index in [9.17, 15) is 0 Å². The second-order valence-electron chi connectivity index (χ2n) is 4.92. The van der Waals surface area contributed by atoms with Crippen molar-refractivity contribution in [3.8, 4) is 0 Å². The molecule has 0 aliphatic rings. The molecule has 0 amide bonds. The molecular weight excluding hydrogens is 240 g/mol. The summed E-state index contributed by atoms with van der Waals surface area (Å²) < 4.78 is 7.33. The van der Waals surface area contributed by atoms with Gasteiger partial charge in [0.15, 0.2) is 0 Å². The van der Waals surface area contributed by atoms with E-state index in [1.54, 1.807) is 7.11 Å². The van der Waals surface area contributed by atoms with Crippen LogP contribution in [-0.4, -0.2) is 28.3 Å². The van der Waals surface area contributed by atoms with Gasteiger partial charge in [-0.15, -0.1) is 0 Å². The zero-order valence-corrected chi connectivity index (χ0v) is 12.2. The molecule has 2 aromatic heterocycles. The lowest BCUT2D eigenvalue weighted by Gasteiger charge is -2.08. The molecule has 5 nitrogen and oxygen atoms in total. The average molecular weight is 262 g/mol. The van der Waals surface area contributed by atoms with Gasteiger partial charge in [0.1, 0.15) is 17.3 Å². The van der Waals surface area contributed by atoms with E-state index in [1.165, 1.54) is 11.3 Å². The molecule has 0 saturated carbocycles. The number of rotatable bonds is 5. The van der Waals surface area contributed by atoms with Crippen LogP contribution in [0.25, 0.3) is 11.0 Å². The topological polar surface area (TPSA) is 66.0 Å². The smallest absolute Gasteiger partial charge is 0.146 e. The Balaban J connectivity index is 2.40. The largest absolute Gasteiger partial charge is 0.385 e. The molecule has 0 radical (unpaired) electrons. The normalized spacial score (nSPS) is 11.4. The van der Waals surface area contributed by atoms with Gasteiger partial charge in [0.05, 0.1) is 5.39 Å². The van der Waals surface area contributed by atoms with Crippen LogP contribution in [0.15, 0.2) is 0 Å². The van der Waals surface area contributed by atoms with E-state index in [2.05, 4.69) is 28.4 Å². The summed E-state index contributed by atoms with van der Waals surface area (Å²) in [6.07, 6.45) is 2.12. The Labute approximate surface area is 113 Å². The van der Waals surface area contributed by atoms with E-state index in [-0.39, 0.29) is 0 Å². The molecule has 2 aromatic rings. The Morgan fingerprint density at radius 3 is 2.58 bits per heavy atom. The van der Waals surface area contributed by atoms with Crippen LogP contribution in [0.3, 0.4) is 0 Å². The number of unbranched alkanes of at least 4 members (excludes halogenated alkanes) is 1. The number of methoxy groups -OCH3 is 1. The predicted molar refractivity (Wildman–Crippen MR) is 77.3 cm³/mol. The highest BCUT2D eigenvalue weighted by atomic mass is 16.5. The van der Waals surface area contributed by atoms with E-state index in [1.807, 2.05) is 6.92 Å². The maximum Gasteiger partial charge on any atom is 0.146 e. The molecule has 0 aliphatic heterocycles. The summed E-state index contributed by atoms with van der Waals surface area (Å²) in [5, 5.41) is 0.995. The zero-order valence-electron chi connectivity index (χ0n) is 12.2. The molecule has 0 saturated heterocycles. The fourth-order valence-corrected chi connectivity index (χ4v) is 2.47. The van der Waals surface area contributed by atoms with Gasteiger partial charge in [0.2, 0.25) is 0 Å². The minimum absolute atomic E-state index is 0.582. The van der Waals surface area contributed by atoms with Crippen LogP contribution in [0.1, 0.15) is 29.9 Å². The Morgan fingerprint density at radius 2 is 1.89 bits per heavy atom. The number of nitrogen functional groups attached to an aromatic ring is 1. The van der Waals surface area contributed by atoms with Crippen LogP contribution >= 0.6 is 0 Å². The lowest BCUT2D eigenvalue weighted by molar-refractivity contribution is 0.191. The van der Waals surface area contributed by atoms with Gasteiger partial charge in [-0.05, 0) is 39.2 Å². The number of ether oxygens (including phenoxy) is 1. The quantitative estimate of drug-likeness (QED) is 0.840. The molecule has 19 heavy (non-hydrogen) atoms. The van der Waals surface area contributed by atoms with Crippen molar-refractivity contribution < 1.29 is 4.74 Å². The second-order valence-corrected chi connectivity index (χ2v) is 4.92. The standard InChI is InChI=1S/C14H22N4O/c1-9-10(2)18(7-5-6-8-19-4)14-12(9)13(15)16-11(3)17-14/h5-8H2,1-4H3,(H2,15,16,17). The lowest BCUT2D eigenvalue weighted by Crippen LogP contribution is -2.04. The highest BCUT2D eigenvalue weighted by Gasteiger charge is 2.15. The number of nitrogens with zero attached hydrogens (tertiary/aromatic N) is 3. The van der Waals surface area contributed by atoms with Crippen LogP contribution in [0.5, 0.6) is 0 Å². The van der Waals surface area contributed by atoms with Gasteiger partial charge in [0, 0.05) is 26.0 Å². The Kier molecular flexibility index (Phi) is 4.04. The molecule has 2 rings (SSSR count). The number of anilines is 1. The van der Waals surface area contributed by atoms with E-state index >= 15 is 0 Å². The third kappa shape index (κ3) is 2.56. The van der Waals surface area contributed by atoms with Crippen molar-refractivity contribution >= 4 is 16.9 Å². The van der Waals surface area contributed by atoms with Crippen LogP contribution in [0, 0.1) is 20.8 Å². The fourth-order valence-electron chi connectivity index (χ4n) is 2.47. The monoisotopic (exact) mass is 262 g/mol. The molecule has 0 bridgehead atoms. The second kappa shape index (κ2) is 5.57. The highest BCUT2D eigenvalue weighted by molar-refractivity contribution is 5.91. The molecule has 0 unspecified atom stereocenters. The Morgan fingerprint density at radius 1 is 1.16 bits per heavy atom. The van der Waals surface area contributed by atoms with Gasteiger partial charge in [-0.25, -0.2) is 9.97 Å². The van der Waals surface area contributed by atoms with Crippen molar-refractivity contribution in [2.24, 2.45) is 0 Å². The Bertz CT molecular complexity index is 589. The summed E-state index contributed by atoms with van der Waals surface area (Å²) in [6.45, 7) is 7.81. The molecule has 0 atom stereocenters. The van der Waals surface area contributed by atoms with Crippen LogP contribution in [-0.2, 0) is 11.3 Å². The fraction of sp³-hybridized carbons (Fsp3) is 0.571. The minimum Gasteiger partial charge on any atom is -0.385 e. The molecule has 2 N–H and O–H groups in total. The number of aryl methyl sites for hydroxylation is 3. The number of fused-ring (bicyclic) bond motifs is 1. The summed E-state index contributed by atoms with van der Waals surface area (Å²) >= 11 is 0. The summed E-state index contributed by atoms with van der Waals surface area (Å²) in [7, 11) is 1.73. The number of hydrogen-bond acceptors (Lipinski definition) is 4. The molecule has 2 heterocycles. The molecule has 0 aliphatic carbocycles. The first-order valence-corrected chi connectivity index (χ1v) is 6.64. The minimum atomic E-state index is 0.582. The Hall–Kier alpha value is -1.62. The van der Waals surface area contributed by atoms with Gasteiger partial charge < -0.3 is 15.0 Å². The van der Waals surface area contributed by atoms with Gasteiger partial charge in [0.25, 0.3) is 0 Å². The third-order valence-corrected chi connectivity index (χ3v) is 3.59. The van der Waals surface area contributed by atoms with E-state index < -0.39 is 0 Å². The number of nitrogens with two attached hydrogens (primary N) is 1. The summed E-state index contributed by atoms with van der Waals surface area (Å²) in [5.74, 6) is 1.30. The van der Waals surface area contributed by atoms with Crippen molar-refractivity contribution in [3.63, 3.8) is 0 Å². The van der Waals surface area contributed by atoms with E-state index in [4.69, 9.17) is 10.5 Å². The summed E-state index contributed by atoms with van der Waals surface area (Å²) in [4.78, 5) is 8.82. The van der Waals surface area contributed by atoms with Crippen molar-refractivity contribution in [3.05, 3.63) is 17.1 Å². The van der Waals surface area contributed by atoms with Crippen LogP contribution < -0.4 is 5.73 Å². The van der Waals surface area contributed by atoms with Gasteiger partial charge in [-0.1, -0.05) is 0 Å². The zero-order chi connectivity index (χ0) is 14.0.